The van der Waals surface area contributed by atoms with E-state index >= 15 is 0 Å². The molecule has 0 amide bonds. The van der Waals surface area contributed by atoms with Crippen LogP contribution in [0.3, 0.4) is 0 Å². The van der Waals surface area contributed by atoms with Crippen molar-refractivity contribution in [1.29, 1.82) is 5.41 Å². The lowest BCUT2D eigenvalue weighted by atomic mass is 10.2. The second kappa shape index (κ2) is 6.45. The maximum Gasteiger partial charge on any atom is 0.190 e. The van der Waals surface area contributed by atoms with E-state index in [2.05, 4.69) is 41.8 Å². The molecule has 4 heterocycles. The zero-order valence-corrected chi connectivity index (χ0v) is 14.5. The molecule has 132 valence electrons. The summed E-state index contributed by atoms with van der Waals surface area (Å²) in [5.41, 5.74) is 10.5. The molecule has 3 aromatic rings. The quantitative estimate of drug-likeness (QED) is 0.517. The molecule has 0 bridgehead atoms. The zero-order valence-electron chi connectivity index (χ0n) is 14.5. The van der Waals surface area contributed by atoms with Gasteiger partial charge in [0.25, 0.3) is 0 Å². The van der Waals surface area contributed by atoms with Gasteiger partial charge in [0.1, 0.15) is 5.65 Å². The number of anilines is 2. The first-order valence-electron chi connectivity index (χ1n) is 8.16. The van der Waals surface area contributed by atoms with E-state index in [0.29, 0.717) is 29.4 Å². The molecule has 26 heavy (non-hydrogen) atoms. The molecule has 4 N–H and O–H groups in total. The van der Waals surface area contributed by atoms with Gasteiger partial charge >= 0.3 is 0 Å². The predicted octanol–water partition coefficient (Wildman–Crippen LogP) is 1.49. The molecule has 1 aliphatic rings. The number of aryl methyl sites for hydroxylation is 1. The minimum Gasteiger partial charge on any atom is -0.393 e. The number of hydrazine groups is 2. The summed E-state index contributed by atoms with van der Waals surface area (Å²) in [7, 11) is 1.79. The lowest BCUT2D eigenvalue weighted by Gasteiger charge is -2.17. The van der Waals surface area contributed by atoms with Crippen LogP contribution in [0.15, 0.2) is 36.9 Å². The van der Waals surface area contributed by atoms with Gasteiger partial charge in [-0.3, -0.25) is 10.4 Å². The zero-order chi connectivity index (χ0) is 18.1. The van der Waals surface area contributed by atoms with Gasteiger partial charge in [0.2, 0.25) is 0 Å². The fourth-order valence-electron chi connectivity index (χ4n) is 2.85. The van der Waals surface area contributed by atoms with Crippen molar-refractivity contribution in [1.82, 2.24) is 30.2 Å². The fraction of sp³-hybridized carbons (Fsp3) is 0.176. The smallest absolute Gasteiger partial charge is 0.190 e. The van der Waals surface area contributed by atoms with Gasteiger partial charge in [0.05, 0.1) is 18.4 Å². The molecule has 3 aromatic heterocycles. The Morgan fingerprint density at radius 3 is 3.00 bits per heavy atom. The number of rotatable bonds is 5. The topological polar surface area (TPSA) is 106 Å². The number of pyridine rings is 1. The molecule has 1 aliphatic heterocycles. The maximum absolute atomic E-state index is 7.55. The lowest BCUT2D eigenvalue weighted by Crippen LogP contribution is -2.35. The number of hydrogen-bond acceptors (Lipinski definition) is 8. The minimum atomic E-state index is 0.599. The molecular weight excluding hydrogens is 330 g/mol. The summed E-state index contributed by atoms with van der Waals surface area (Å²) >= 11 is 0. The van der Waals surface area contributed by atoms with Gasteiger partial charge in [-0.2, -0.15) is 0 Å². The van der Waals surface area contributed by atoms with Crippen LogP contribution in [0.25, 0.3) is 11.2 Å². The number of nitrogens with one attached hydrogen (secondary N) is 4. The van der Waals surface area contributed by atoms with Crippen molar-refractivity contribution in [2.75, 3.05) is 17.5 Å². The third-order valence-corrected chi connectivity index (χ3v) is 4.16. The summed E-state index contributed by atoms with van der Waals surface area (Å²) in [6.45, 7) is 2.63. The first-order chi connectivity index (χ1) is 12.7. The summed E-state index contributed by atoms with van der Waals surface area (Å²) < 4.78 is 2.06. The highest BCUT2D eigenvalue weighted by atomic mass is 15.7. The molecular formula is C17H19N9. The summed E-state index contributed by atoms with van der Waals surface area (Å²) in [5, 5.41) is 12.4. The Kier molecular flexibility index (Phi) is 3.98. The fourth-order valence-corrected chi connectivity index (χ4v) is 2.85. The van der Waals surface area contributed by atoms with E-state index in [1.165, 1.54) is 6.21 Å². The molecule has 0 aromatic carbocycles. The van der Waals surface area contributed by atoms with Crippen LogP contribution < -0.4 is 21.3 Å². The van der Waals surface area contributed by atoms with Gasteiger partial charge in [-0.05, 0) is 18.6 Å². The van der Waals surface area contributed by atoms with Crippen LogP contribution in [0.5, 0.6) is 0 Å². The Morgan fingerprint density at radius 2 is 2.19 bits per heavy atom. The van der Waals surface area contributed by atoms with Crippen LogP contribution in [-0.4, -0.2) is 32.6 Å². The highest BCUT2D eigenvalue weighted by Crippen LogP contribution is 2.27. The third kappa shape index (κ3) is 2.74. The van der Waals surface area contributed by atoms with Crippen molar-refractivity contribution in [3.8, 4) is 0 Å². The number of hydrogen-bond donors (Lipinski definition) is 4. The molecule has 0 atom stereocenters. The molecule has 0 spiro atoms. The van der Waals surface area contributed by atoms with E-state index in [0.717, 1.165) is 16.9 Å². The van der Waals surface area contributed by atoms with Crippen molar-refractivity contribution in [2.45, 2.75) is 13.5 Å². The van der Waals surface area contributed by atoms with Crippen molar-refractivity contribution in [3.05, 3.63) is 53.9 Å². The summed E-state index contributed by atoms with van der Waals surface area (Å²) in [5.74, 6) is 1.34. The van der Waals surface area contributed by atoms with Crippen LogP contribution in [0.4, 0.5) is 11.6 Å². The molecule has 9 nitrogen and oxygen atoms in total. The molecule has 0 aliphatic carbocycles. The Morgan fingerprint density at radius 1 is 1.31 bits per heavy atom. The standard InChI is InChI=1S/C17H19N9/c1-11-6-20-15-4-3-12(9-25(11)15)10-26-17-16(23-24-26)21-8-14(22-17)13(5-18)7-19-2/h3-9,18-19,24H,10H2,1-2H3,(H,21,23)/b13-7+,18-5?. The maximum atomic E-state index is 7.55. The highest BCUT2D eigenvalue weighted by Gasteiger charge is 2.23. The van der Waals surface area contributed by atoms with E-state index in [1.54, 1.807) is 19.4 Å². The van der Waals surface area contributed by atoms with Gasteiger partial charge < -0.3 is 15.1 Å². The summed E-state index contributed by atoms with van der Waals surface area (Å²) in [6.07, 6.45) is 8.54. The second-order valence-electron chi connectivity index (χ2n) is 5.95. The molecule has 4 rings (SSSR count). The van der Waals surface area contributed by atoms with Gasteiger partial charge in [-0.15, -0.1) is 5.53 Å². The molecule has 0 unspecified atom stereocenters. The first kappa shape index (κ1) is 16.0. The monoisotopic (exact) mass is 349 g/mol. The highest BCUT2D eigenvalue weighted by molar-refractivity contribution is 6.07. The van der Waals surface area contributed by atoms with Gasteiger partial charge in [-0.1, -0.05) is 6.07 Å². The van der Waals surface area contributed by atoms with Crippen LogP contribution in [0, 0.1) is 12.3 Å². The van der Waals surface area contributed by atoms with Crippen LogP contribution >= 0.6 is 0 Å². The third-order valence-electron chi connectivity index (χ3n) is 4.16. The molecule has 0 saturated heterocycles. The number of allylic oxidation sites excluding steroid dienone is 1. The van der Waals surface area contributed by atoms with Gasteiger partial charge in [0.15, 0.2) is 11.6 Å². The molecule has 9 heteroatoms. The number of imidazole rings is 1. The number of fused-ring (bicyclic) bond motifs is 2. The van der Waals surface area contributed by atoms with Gasteiger partial charge in [0, 0.05) is 43.1 Å². The first-order valence-corrected chi connectivity index (χ1v) is 8.16. The summed E-state index contributed by atoms with van der Waals surface area (Å²) in [4.78, 5) is 13.4. The Balaban J connectivity index is 1.64. The van der Waals surface area contributed by atoms with Gasteiger partial charge in [-0.25, -0.2) is 15.0 Å². The Hall–Kier alpha value is -3.46. The predicted molar refractivity (Wildman–Crippen MR) is 101 cm³/mol. The number of nitrogens with zero attached hydrogens (tertiary/aromatic N) is 5. The normalized spacial score (nSPS) is 13.6. The summed E-state index contributed by atoms with van der Waals surface area (Å²) in [6, 6.07) is 4.04. The molecule has 0 saturated carbocycles. The average molecular weight is 349 g/mol. The van der Waals surface area contributed by atoms with Crippen LogP contribution in [0.1, 0.15) is 17.0 Å². The van der Waals surface area contributed by atoms with Crippen molar-refractivity contribution in [3.63, 3.8) is 0 Å². The minimum absolute atomic E-state index is 0.599. The number of aromatic nitrogens is 4. The molecule has 0 radical (unpaired) electrons. The van der Waals surface area contributed by atoms with Crippen LogP contribution in [0.2, 0.25) is 0 Å². The second-order valence-corrected chi connectivity index (χ2v) is 5.95. The van der Waals surface area contributed by atoms with E-state index in [9.17, 15) is 0 Å². The SMILES string of the molecule is CN/C=C(\C=N)c1cnc2c(n1)N(Cc1ccc3ncc(C)n3c1)NN2. The Labute approximate surface area is 150 Å². The van der Waals surface area contributed by atoms with Crippen molar-refractivity contribution >= 4 is 29.1 Å². The van der Waals surface area contributed by atoms with E-state index in [1.807, 2.05) is 30.3 Å². The molecule has 0 fully saturated rings. The van der Waals surface area contributed by atoms with Crippen molar-refractivity contribution < 1.29 is 0 Å². The average Bonchev–Trinajstić information content (AvgIpc) is 3.23. The largest absolute Gasteiger partial charge is 0.393 e. The van der Waals surface area contributed by atoms with Crippen LogP contribution in [-0.2, 0) is 6.54 Å². The Bertz CT molecular complexity index is 1000. The van der Waals surface area contributed by atoms with E-state index in [4.69, 9.17) is 5.41 Å². The van der Waals surface area contributed by atoms with E-state index in [-0.39, 0.29) is 0 Å². The van der Waals surface area contributed by atoms with E-state index < -0.39 is 0 Å². The van der Waals surface area contributed by atoms with Crippen molar-refractivity contribution in [2.24, 2.45) is 0 Å². The lowest BCUT2D eigenvalue weighted by molar-refractivity contribution is 0.714.